The number of nitrogens with one attached hydrogen (secondary N) is 1. The van der Waals surface area contributed by atoms with Crippen LogP contribution in [0.2, 0.25) is 0 Å². The zero-order chi connectivity index (χ0) is 14.5. The lowest BCUT2D eigenvalue weighted by atomic mass is 10.0. The van der Waals surface area contributed by atoms with Gasteiger partial charge < -0.3 is 10.4 Å². The van der Waals surface area contributed by atoms with Crippen LogP contribution in [0.1, 0.15) is 30.5 Å². The lowest BCUT2D eigenvalue weighted by Crippen LogP contribution is -2.21. The number of aromatic hydroxyl groups is 1. The smallest absolute Gasteiger partial charge is 0.127 e. The zero-order valence-corrected chi connectivity index (χ0v) is 12.8. The summed E-state index contributed by atoms with van der Waals surface area (Å²) in [5.41, 5.74) is 1.44. The number of phenolic OH excluding ortho intramolecular Hbond substituents is 1. The van der Waals surface area contributed by atoms with Gasteiger partial charge in [0.2, 0.25) is 0 Å². The Labute approximate surface area is 126 Å². The topological polar surface area (TPSA) is 32.3 Å². The van der Waals surface area contributed by atoms with Gasteiger partial charge in [-0.15, -0.1) is 0 Å². The van der Waals surface area contributed by atoms with Gasteiger partial charge in [-0.05, 0) is 30.7 Å². The van der Waals surface area contributed by atoms with Crippen LogP contribution in [-0.4, -0.2) is 5.11 Å². The first kappa shape index (κ1) is 15.0. The number of phenols is 1. The summed E-state index contributed by atoms with van der Waals surface area (Å²) in [6, 6.07) is 12.1. The van der Waals surface area contributed by atoms with Gasteiger partial charge in [0.05, 0.1) is 0 Å². The van der Waals surface area contributed by atoms with E-state index in [0.29, 0.717) is 12.1 Å². The van der Waals surface area contributed by atoms with Gasteiger partial charge in [-0.25, -0.2) is 4.39 Å². The summed E-state index contributed by atoms with van der Waals surface area (Å²) in [5, 5.41) is 13.2. The minimum absolute atomic E-state index is 0.00502. The Bertz CT molecular complexity index is 588. The quantitative estimate of drug-likeness (QED) is 0.839. The largest absolute Gasteiger partial charge is 0.508 e. The summed E-state index contributed by atoms with van der Waals surface area (Å²) in [5.74, 6) is 0.0365. The van der Waals surface area contributed by atoms with Gasteiger partial charge >= 0.3 is 0 Å². The van der Waals surface area contributed by atoms with Crippen LogP contribution >= 0.6 is 15.9 Å². The van der Waals surface area contributed by atoms with Crippen molar-refractivity contribution in [1.82, 2.24) is 5.32 Å². The Balaban J connectivity index is 2.12. The number of para-hydroxylation sites is 1. The predicted molar refractivity (Wildman–Crippen MR) is 82.1 cm³/mol. The molecular weight excluding hydrogens is 321 g/mol. The molecule has 0 saturated heterocycles. The fraction of sp³-hybridized carbons (Fsp3) is 0.250. The molecule has 2 nitrogen and oxygen atoms in total. The van der Waals surface area contributed by atoms with Gasteiger partial charge in [0.15, 0.2) is 0 Å². The number of halogens is 2. The normalized spacial score (nSPS) is 12.3. The summed E-state index contributed by atoms with van der Waals surface area (Å²) in [4.78, 5) is 0. The summed E-state index contributed by atoms with van der Waals surface area (Å²) < 4.78 is 14.5. The van der Waals surface area contributed by atoms with Crippen molar-refractivity contribution in [2.75, 3.05) is 0 Å². The van der Waals surface area contributed by atoms with Crippen molar-refractivity contribution >= 4 is 15.9 Å². The van der Waals surface area contributed by atoms with Crippen LogP contribution in [0.4, 0.5) is 4.39 Å². The molecule has 0 bridgehead atoms. The molecule has 0 heterocycles. The molecule has 2 aromatic rings. The Morgan fingerprint density at radius 1 is 1.25 bits per heavy atom. The Morgan fingerprint density at radius 3 is 2.70 bits per heavy atom. The van der Waals surface area contributed by atoms with E-state index < -0.39 is 0 Å². The van der Waals surface area contributed by atoms with Crippen LogP contribution in [0.15, 0.2) is 46.9 Å². The highest BCUT2D eigenvalue weighted by atomic mass is 79.9. The van der Waals surface area contributed by atoms with Crippen LogP contribution in [-0.2, 0) is 6.54 Å². The second kappa shape index (κ2) is 6.86. The minimum Gasteiger partial charge on any atom is -0.508 e. The van der Waals surface area contributed by atoms with Crippen molar-refractivity contribution in [3.8, 4) is 5.75 Å². The molecule has 0 aliphatic heterocycles. The lowest BCUT2D eigenvalue weighted by molar-refractivity contribution is 0.438. The Hall–Kier alpha value is -1.39. The molecule has 0 aliphatic carbocycles. The molecule has 0 aliphatic rings. The molecule has 2 rings (SSSR count). The molecule has 0 aromatic heterocycles. The van der Waals surface area contributed by atoms with Crippen LogP contribution in [0, 0.1) is 5.82 Å². The van der Waals surface area contributed by atoms with Gasteiger partial charge in [0, 0.05) is 28.2 Å². The maximum Gasteiger partial charge on any atom is 0.127 e. The minimum atomic E-state index is -0.229. The van der Waals surface area contributed by atoms with E-state index in [0.717, 1.165) is 16.5 Å². The number of hydrogen-bond acceptors (Lipinski definition) is 2. The monoisotopic (exact) mass is 337 g/mol. The average molecular weight is 338 g/mol. The van der Waals surface area contributed by atoms with Gasteiger partial charge in [-0.1, -0.05) is 41.1 Å². The molecule has 2 aromatic carbocycles. The van der Waals surface area contributed by atoms with E-state index in [-0.39, 0.29) is 17.6 Å². The lowest BCUT2D eigenvalue weighted by Gasteiger charge is -2.19. The molecule has 0 amide bonds. The molecule has 1 atom stereocenters. The Morgan fingerprint density at radius 2 is 2.00 bits per heavy atom. The van der Waals surface area contributed by atoms with Gasteiger partial charge in [-0.3, -0.25) is 0 Å². The van der Waals surface area contributed by atoms with E-state index in [2.05, 4.69) is 21.2 Å². The highest BCUT2D eigenvalue weighted by Crippen LogP contribution is 2.26. The summed E-state index contributed by atoms with van der Waals surface area (Å²) in [6.45, 7) is 2.44. The van der Waals surface area contributed by atoms with Crippen LogP contribution in [0.3, 0.4) is 0 Å². The average Bonchev–Trinajstić information content (AvgIpc) is 2.45. The molecule has 4 heteroatoms. The van der Waals surface area contributed by atoms with E-state index in [1.807, 2.05) is 19.1 Å². The molecule has 0 fully saturated rings. The summed E-state index contributed by atoms with van der Waals surface area (Å²) in [7, 11) is 0. The third-order valence-electron chi connectivity index (χ3n) is 3.27. The standard InChI is InChI=1S/C16H17BrFNO/c1-2-15(13-5-3-4-6-16(13)20)19-10-11-9-12(17)7-8-14(11)18/h3-9,15,19-20H,2,10H2,1H3. The maximum absolute atomic E-state index is 13.7. The first-order chi connectivity index (χ1) is 9.61. The third-order valence-corrected chi connectivity index (χ3v) is 3.76. The van der Waals surface area contributed by atoms with Crippen molar-refractivity contribution in [2.24, 2.45) is 0 Å². The number of hydrogen-bond donors (Lipinski definition) is 2. The van der Waals surface area contributed by atoms with Crippen molar-refractivity contribution in [3.05, 3.63) is 63.9 Å². The van der Waals surface area contributed by atoms with Crippen molar-refractivity contribution in [1.29, 1.82) is 0 Å². The first-order valence-electron chi connectivity index (χ1n) is 6.57. The van der Waals surface area contributed by atoms with Crippen molar-refractivity contribution < 1.29 is 9.50 Å². The second-order valence-electron chi connectivity index (χ2n) is 4.64. The second-order valence-corrected chi connectivity index (χ2v) is 5.55. The van der Waals surface area contributed by atoms with E-state index >= 15 is 0 Å². The van der Waals surface area contributed by atoms with Gasteiger partial charge in [-0.2, -0.15) is 0 Å². The first-order valence-corrected chi connectivity index (χ1v) is 7.36. The van der Waals surface area contributed by atoms with E-state index in [4.69, 9.17) is 0 Å². The van der Waals surface area contributed by atoms with Crippen LogP contribution < -0.4 is 5.32 Å². The predicted octanol–water partition coefficient (Wildman–Crippen LogP) is 4.53. The molecule has 20 heavy (non-hydrogen) atoms. The number of rotatable bonds is 5. The third kappa shape index (κ3) is 3.58. The van der Waals surface area contributed by atoms with E-state index in [9.17, 15) is 9.50 Å². The van der Waals surface area contributed by atoms with E-state index in [1.54, 1.807) is 24.3 Å². The highest BCUT2D eigenvalue weighted by Gasteiger charge is 2.13. The number of benzene rings is 2. The van der Waals surface area contributed by atoms with E-state index in [1.165, 1.54) is 6.07 Å². The fourth-order valence-electron chi connectivity index (χ4n) is 2.17. The SMILES string of the molecule is CCC(NCc1cc(Br)ccc1F)c1ccccc1O. The summed E-state index contributed by atoms with van der Waals surface area (Å²) >= 11 is 3.34. The zero-order valence-electron chi connectivity index (χ0n) is 11.2. The molecule has 0 spiro atoms. The maximum atomic E-state index is 13.7. The van der Waals surface area contributed by atoms with Crippen LogP contribution in [0.25, 0.3) is 0 Å². The van der Waals surface area contributed by atoms with Crippen LogP contribution in [0.5, 0.6) is 5.75 Å². The van der Waals surface area contributed by atoms with Crippen molar-refractivity contribution in [3.63, 3.8) is 0 Å². The summed E-state index contributed by atoms with van der Waals surface area (Å²) in [6.07, 6.45) is 0.813. The fourth-order valence-corrected chi connectivity index (χ4v) is 2.58. The molecule has 2 N–H and O–H groups in total. The molecule has 0 saturated carbocycles. The van der Waals surface area contributed by atoms with Gasteiger partial charge in [0.1, 0.15) is 11.6 Å². The Kier molecular flexibility index (Phi) is 5.15. The van der Waals surface area contributed by atoms with Gasteiger partial charge in [0.25, 0.3) is 0 Å². The molecule has 0 radical (unpaired) electrons. The molecular formula is C16H17BrFNO. The molecule has 1 unspecified atom stereocenters. The highest BCUT2D eigenvalue weighted by molar-refractivity contribution is 9.10. The van der Waals surface area contributed by atoms with Crippen molar-refractivity contribution in [2.45, 2.75) is 25.9 Å². The molecule has 106 valence electrons.